The fourth-order valence-electron chi connectivity index (χ4n) is 1.76. The summed E-state index contributed by atoms with van der Waals surface area (Å²) in [4.78, 5) is 12.0. The zero-order valence-corrected chi connectivity index (χ0v) is 11.3. The summed E-state index contributed by atoms with van der Waals surface area (Å²) in [6.45, 7) is 4.68. The maximum atomic E-state index is 12.0. The number of amides is 1. The van der Waals surface area contributed by atoms with Gasteiger partial charge >= 0.3 is 0 Å². The molecule has 1 unspecified atom stereocenters. The minimum absolute atomic E-state index is 0.0277. The van der Waals surface area contributed by atoms with E-state index in [0.717, 1.165) is 5.69 Å². The van der Waals surface area contributed by atoms with Gasteiger partial charge in [0, 0.05) is 18.6 Å². The lowest BCUT2D eigenvalue weighted by Crippen LogP contribution is -2.47. The molecule has 0 bridgehead atoms. The Bertz CT molecular complexity index is 460. The highest BCUT2D eigenvalue weighted by molar-refractivity contribution is 5.83. The summed E-state index contributed by atoms with van der Waals surface area (Å²) in [7, 11) is 0. The summed E-state index contributed by atoms with van der Waals surface area (Å²) in [5, 5.41) is 15.1. The number of hydrogen-bond donors (Lipinski definition) is 3. The molecule has 104 valence electrons. The van der Waals surface area contributed by atoms with Gasteiger partial charge in [0.15, 0.2) is 6.10 Å². The monoisotopic (exact) mass is 264 g/mol. The molecule has 1 aliphatic rings. The Hall–Kier alpha value is -1.75. The van der Waals surface area contributed by atoms with Gasteiger partial charge in [-0.2, -0.15) is 0 Å². The van der Waals surface area contributed by atoms with E-state index in [4.69, 9.17) is 9.84 Å². The molecule has 0 aliphatic carbocycles. The van der Waals surface area contributed by atoms with Crippen LogP contribution < -0.4 is 15.4 Å². The number of carbonyl (C=O) groups excluding carboxylic acids is 1. The number of rotatable bonds is 4. The largest absolute Gasteiger partial charge is 0.477 e. The van der Waals surface area contributed by atoms with Gasteiger partial charge in [-0.1, -0.05) is 26.0 Å². The number of fused-ring (bicyclic) bond motifs is 1. The van der Waals surface area contributed by atoms with Gasteiger partial charge in [-0.15, -0.1) is 0 Å². The molecule has 3 N–H and O–H groups in total. The molecule has 19 heavy (non-hydrogen) atoms. The molecule has 0 saturated heterocycles. The molecule has 2 rings (SSSR count). The highest BCUT2D eigenvalue weighted by Gasteiger charge is 2.27. The van der Waals surface area contributed by atoms with Crippen molar-refractivity contribution in [1.29, 1.82) is 0 Å². The molecule has 5 nitrogen and oxygen atoms in total. The highest BCUT2D eigenvalue weighted by atomic mass is 16.5. The molecular formula is C14H20N2O3. The maximum Gasteiger partial charge on any atom is 0.262 e. The van der Waals surface area contributed by atoms with Crippen molar-refractivity contribution in [3.05, 3.63) is 24.3 Å². The second-order valence-electron chi connectivity index (χ2n) is 5.52. The van der Waals surface area contributed by atoms with Crippen LogP contribution in [0.2, 0.25) is 0 Å². The second kappa shape index (κ2) is 5.48. The van der Waals surface area contributed by atoms with E-state index < -0.39 is 6.10 Å². The first-order valence-corrected chi connectivity index (χ1v) is 6.40. The summed E-state index contributed by atoms with van der Waals surface area (Å²) < 4.78 is 5.66. The zero-order chi connectivity index (χ0) is 13.9. The first-order valence-electron chi connectivity index (χ1n) is 6.40. The first-order chi connectivity index (χ1) is 9.02. The Kier molecular flexibility index (Phi) is 3.95. The normalized spacial score (nSPS) is 17.9. The molecule has 1 aliphatic heterocycles. The van der Waals surface area contributed by atoms with Crippen molar-refractivity contribution < 1.29 is 14.6 Å². The lowest BCUT2D eigenvalue weighted by molar-refractivity contribution is -0.128. The van der Waals surface area contributed by atoms with Crippen LogP contribution in [0, 0.1) is 5.41 Å². The highest BCUT2D eigenvalue weighted by Crippen LogP contribution is 2.28. The van der Waals surface area contributed by atoms with E-state index in [1.54, 1.807) is 0 Å². The zero-order valence-electron chi connectivity index (χ0n) is 11.3. The van der Waals surface area contributed by atoms with Crippen molar-refractivity contribution in [2.45, 2.75) is 20.0 Å². The minimum atomic E-state index is -0.538. The van der Waals surface area contributed by atoms with Crippen molar-refractivity contribution in [2.24, 2.45) is 5.41 Å². The lowest BCUT2D eigenvalue weighted by atomic mass is 9.95. The SMILES string of the molecule is CC(C)(CO)CNC(=O)C1CNc2ccccc2O1. The third kappa shape index (κ3) is 3.38. The van der Waals surface area contributed by atoms with Gasteiger partial charge < -0.3 is 20.5 Å². The number of carbonyl (C=O) groups is 1. The summed E-state index contributed by atoms with van der Waals surface area (Å²) in [5.74, 6) is 0.527. The third-order valence-electron chi connectivity index (χ3n) is 3.10. The molecule has 5 heteroatoms. The topological polar surface area (TPSA) is 70.6 Å². The average Bonchev–Trinajstić information content (AvgIpc) is 2.44. The lowest BCUT2D eigenvalue weighted by Gasteiger charge is -2.28. The van der Waals surface area contributed by atoms with E-state index in [2.05, 4.69) is 10.6 Å². The van der Waals surface area contributed by atoms with Crippen molar-refractivity contribution in [3.8, 4) is 5.75 Å². The third-order valence-corrected chi connectivity index (χ3v) is 3.10. The van der Waals surface area contributed by atoms with Gasteiger partial charge in [-0.25, -0.2) is 0 Å². The minimum Gasteiger partial charge on any atom is -0.477 e. The Morgan fingerprint density at radius 2 is 2.26 bits per heavy atom. The van der Waals surface area contributed by atoms with E-state index in [9.17, 15) is 4.79 Å². The quantitative estimate of drug-likeness (QED) is 0.758. The van der Waals surface area contributed by atoms with Gasteiger partial charge in [0.25, 0.3) is 5.91 Å². The Labute approximate surface area is 113 Å². The van der Waals surface area contributed by atoms with E-state index in [1.807, 2.05) is 38.1 Å². The van der Waals surface area contributed by atoms with Gasteiger partial charge in [0.1, 0.15) is 5.75 Å². The van der Waals surface area contributed by atoms with Crippen molar-refractivity contribution >= 4 is 11.6 Å². The fraction of sp³-hybridized carbons (Fsp3) is 0.500. The fourth-order valence-corrected chi connectivity index (χ4v) is 1.76. The van der Waals surface area contributed by atoms with Crippen LogP contribution in [0.5, 0.6) is 5.75 Å². The van der Waals surface area contributed by atoms with Crippen molar-refractivity contribution in [2.75, 3.05) is 25.0 Å². The molecule has 1 aromatic carbocycles. The average molecular weight is 264 g/mol. The Morgan fingerprint density at radius 1 is 1.53 bits per heavy atom. The van der Waals surface area contributed by atoms with Gasteiger partial charge in [-0.05, 0) is 12.1 Å². The number of aliphatic hydroxyl groups excluding tert-OH is 1. The predicted molar refractivity (Wildman–Crippen MR) is 73.2 cm³/mol. The number of anilines is 1. The summed E-state index contributed by atoms with van der Waals surface area (Å²) in [5.41, 5.74) is 0.581. The Balaban J connectivity index is 1.92. The first kappa shape index (κ1) is 13.7. The van der Waals surface area contributed by atoms with Crippen molar-refractivity contribution in [3.63, 3.8) is 0 Å². The van der Waals surface area contributed by atoms with E-state index in [-0.39, 0.29) is 17.9 Å². The number of ether oxygens (including phenoxy) is 1. The number of benzene rings is 1. The smallest absolute Gasteiger partial charge is 0.262 e. The molecule has 1 aromatic rings. The number of para-hydroxylation sites is 2. The number of nitrogens with one attached hydrogen (secondary N) is 2. The van der Waals surface area contributed by atoms with Crippen LogP contribution in [0.3, 0.4) is 0 Å². The second-order valence-corrected chi connectivity index (χ2v) is 5.52. The van der Waals surface area contributed by atoms with Crippen LogP contribution in [0.1, 0.15) is 13.8 Å². The summed E-state index contributed by atoms with van der Waals surface area (Å²) in [6, 6.07) is 7.53. The molecule has 1 atom stereocenters. The van der Waals surface area contributed by atoms with E-state index in [0.29, 0.717) is 18.8 Å². The van der Waals surface area contributed by atoms with Crippen LogP contribution in [0.15, 0.2) is 24.3 Å². The van der Waals surface area contributed by atoms with E-state index in [1.165, 1.54) is 0 Å². The van der Waals surface area contributed by atoms with Crippen LogP contribution in [-0.2, 0) is 4.79 Å². The standard InChI is InChI=1S/C14H20N2O3/c1-14(2,9-17)8-16-13(18)12-7-15-10-5-3-4-6-11(10)19-12/h3-6,12,15,17H,7-9H2,1-2H3,(H,16,18). The molecule has 0 spiro atoms. The molecule has 0 radical (unpaired) electrons. The summed E-state index contributed by atoms with van der Waals surface area (Å²) in [6.07, 6.45) is -0.538. The van der Waals surface area contributed by atoms with Gasteiger partial charge in [0.05, 0.1) is 12.2 Å². The molecule has 1 heterocycles. The summed E-state index contributed by atoms with van der Waals surface area (Å²) >= 11 is 0. The molecule has 0 aromatic heterocycles. The predicted octanol–water partition coefficient (Wildman–Crippen LogP) is 0.994. The Morgan fingerprint density at radius 3 is 3.00 bits per heavy atom. The number of aliphatic hydroxyl groups is 1. The molecule has 0 saturated carbocycles. The van der Waals surface area contributed by atoms with E-state index >= 15 is 0 Å². The van der Waals surface area contributed by atoms with Gasteiger partial charge in [-0.3, -0.25) is 4.79 Å². The molecule has 0 fully saturated rings. The molecule has 1 amide bonds. The molecular weight excluding hydrogens is 244 g/mol. The van der Waals surface area contributed by atoms with Crippen LogP contribution in [0.4, 0.5) is 5.69 Å². The van der Waals surface area contributed by atoms with Crippen LogP contribution in [-0.4, -0.2) is 36.8 Å². The van der Waals surface area contributed by atoms with Gasteiger partial charge in [0.2, 0.25) is 0 Å². The van der Waals surface area contributed by atoms with Crippen LogP contribution >= 0.6 is 0 Å². The maximum absolute atomic E-state index is 12.0. The van der Waals surface area contributed by atoms with Crippen LogP contribution in [0.25, 0.3) is 0 Å². The van der Waals surface area contributed by atoms with Crippen molar-refractivity contribution in [1.82, 2.24) is 5.32 Å². The number of hydrogen-bond acceptors (Lipinski definition) is 4.